The van der Waals surface area contributed by atoms with Gasteiger partial charge in [-0.3, -0.25) is 0 Å². The van der Waals surface area contributed by atoms with Crippen LogP contribution in [0.15, 0.2) is 30.3 Å². The van der Waals surface area contributed by atoms with E-state index in [1.807, 2.05) is 0 Å². The van der Waals surface area contributed by atoms with Gasteiger partial charge in [-0.2, -0.15) is 15.0 Å². The number of anilines is 4. The Labute approximate surface area is 177 Å². The van der Waals surface area contributed by atoms with Crippen molar-refractivity contribution in [3.63, 3.8) is 0 Å². The van der Waals surface area contributed by atoms with E-state index in [4.69, 9.17) is 24.4 Å². The molecule has 3 fully saturated rings. The number of para-hydroxylation sites is 1. The van der Waals surface area contributed by atoms with Gasteiger partial charge in [0.15, 0.2) is 0 Å². The summed E-state index contributed by atoms with van der Waals surface area (Å²) in [6, 6.07) is 10.6. The topological polar surface area (TPSA) is 70.1 Å². The molecule has 1 aromatic carbocycles. The van der Waals surface area contributed by atoms with Crippen molar-refractivity contribution in [3.05, 3.63) is 30.3 Å². The number of piperazine rings is 1. The predicted octanol–water partition coefficient (Wildman–Crippen LogP) is 0.871. The average molecular weight is 412 g/mol. The fraction of sp³-hybridized carbons (Fsp3) is 0.571. The normalized spacial score (nSPS) is 20.5. The van der Waals surface area contributed by atoms with E-state index in [0.717, 1.165) is 70.2 Å². The van der Waals surface area contributed by atoms with E-state index >= 15 is 0 Å². The summed E-state index contributed by atoms with van der Waals surface area (Å²) in [5, 5.41) is 0. The highest BCUT2D eigenvalue weighted by molar-refractivity contribution is 5.50. The molecule has 0 unspecified atom stereocenters. The minimum absolute atomic E-state index is 0.712. The predicted molar refractivity (Wildman–Crippen MR) is 117 cm³/mol. The van der Waals surface area contributed by atoms with Crippen molar-refractivity contribution in [1.82, 2.24) is 15.0 Å². The van der Waals surface area contributed by atoms with E-state index in [-0.39, 0.29) is 0 Å². The average Bonchev–Trinajstić information content (AvgIpc) is 2.85. The minimum Gasteiger partial charge on any atom is -0.378 e. The molecule has 0 radical (unpaired) electrons. The minimum atomic E-state index is 0.712. The molecule has 0 amide bonds. The Morgan fingerprint density at radius 2 is 0.900 bits per heavy atom. The van der Waals surface area contributed by atoms with Crippen LogP contribution >= 0.6 is 0 Å². The van der Waals surface area contributed by atoms with E-state index in [1.54, 1.807) is 0 Å². The maximum atomic E-state index is 5.51. The maximum Gasteiger partial charge on any atom is 0.232 e. The fourth-order valence-electron chi connectivity index (χ4n) is 4.10. The van der Waals surface area contributed by atoms with Crippen LogP contribution in [0.1, 0.15) is 0 Å². The summed E-state index contributed by atoms with van der Waals surface area (Å²) >= 11 is 0. The van der Waals surface area contributed by atoms with Crippen LogP contribution in [-0.2, 0) is 9.47 Å². The second kappa shape index (κ2) is 9.01. The largest absolute Gasteiger partial charge is 0.378 e. The molecule has 0 aliphatic carbocycles. The number of hydrogen-bond donors (Lipinski definition) is 0. The van der Waals surface area contributed by atoms with Crippen molar-refractivity contribution >= 4 is 23.5 Å². The lowest BCUT2D eigenvalue weighted by atomic mass is 10.2. The molecule has 2 aromatic rings. The Morgan fingerprint density at radius 3 is 1.37 bits per heavy atom. The number of ether oxygens (including phenoxy) is 2. The molecule has 4 heterocycles. The van der Waals surface area contributed by atoms with E-state index < -0.39 is 0 Å². The van der Waals surface area contributed by atoms with Crippen LogP contribution in [0.25, 0.3) is 0 Å². The molecule has 1 aromatic heterocycles. The first-order valence-electron chi connectivity index (χ1n) is 10.8. The van der Waals surface area contributed by atoms with Crippen LogP contribution < -0.4 is 19.6 Å². The first-order valence-corrected chi connectivity index (χ1v) is 10.8. The molecule has 0 saturated carbocycles. The molecule has 3 saturated heterocycles. The summed E-state index contributed by atoms with van der Waals surface area (Å²) < 4.78 is 11.0. The zero-order valence-corrected chi connectivity index (χ0v) is 17.3. The fourth-order valence-corrected chi connectivity index (χ4v) is 4.10. The van der Waals surface area contributed by atoms with Gasteiger partial charge in [-0.15, -0.1) is 0 Å². The van der Waals surface area contributed by atoms with Gasteiger partial charge in [0.1, 0.15) is 0 Å². The van der Waals surface area contributed by atoms with E-state index in [9.17, 15) is 0 Å². The molecular formula is C21H29N7O2. The lowest BCUT2D eigenvalue weighted by Crippen LogP contribution is -2.47. The highest BCUT2D eigenvalue weighted by Crippen LogP contribution is 2.23. The van der Waals surface area contributed by atoms with Gasteiger partial charge in [0.25, 0.3) is 0 Å². The lowest BCUT2D eigenvalue weighted by molar-refractivity contribution is 0.121. The highest BCUT2D eigenvalue weighted by atomic mass is 16.5. The van der Waals surface area contributed by atoms with Crippen LogP contribution in [0, 0.1) is 0 Å². The van der Waals surface area contributed by atoms with Gasteiger partial charge >= 0.3 is 0 Å². The van der Waals surface area contributed by atoms with Gasteiger partial charge in [0.05, 0.1) is 26.4 Å². The van der Waals surface area contributed by atoms with Crippen LogP contribution in [0.5, 0.6) is 0 Å². The van der Waals surface area contributed by atoms with Gasteiger partial charge in [0, 0.05) is 58.0 Å². The quantitative estimate of drug-likeness (QED) is 0.729. The second-order valence-corrected chi connectivity index (χ2v) is 7.74. The monoisotopic (exact) mass is 411 g/mol. The summed E-state index contributed by atoms with van der Waals surface area (Å²) in [6.45, 7) is 9.79. The third-order valence-corrected chi connectivity index (χ3v) is 5.87. The number of benzene rings is 1. The molecule has 0 N–H and O–H groups in total. The maximum absolute atomic E-state index is 5.51. The Morgan fingerprint density at radius 1 is 0.500 bits per heavy atom. The zero-order chi connectivity index (χ0) is 20.2. The molecule has 0 spiro atoms. The van der Waals surface area contributed by atoms with Crippen LogP contribution in [0.2, 0.25) is 0 Å². The van der Waals surface area contributed by atoms with Crippen molar-refractivity contribution in [2.75, 3.05) is 98.4 Å². The van der Waals surface area contributed by atoms with Gasteiger partial charge in [-0.1, -0.05) is 18.2 Å². The summed E-state index contributed by atoms with van der Waals surface area (Å²) in [7, 11) is 0. The molecule has 160 valence electrons. The zero-order valence-electron chi connectivity index (χ0n) is 17.3. The molecular weight excluding hydrogens is 382 g/mol. The summed E-state index contributed by atoms with van der Waals surface area (Å²) in [6.07, 6.45) is 0. The molecule has 3 aliphatic rings. The third-order valence-electron chi connectivity index (χ3n) is 5.87. The Balaban J connectivity index is 1.36. The first-order chi connectivity index (χ1) is 14.9. The van der Waals surface area contributed by atoms with Crippen molar-refractivity contribution in [2.45, 2.75) is 0 Å². The van der Waals surface area contributed by atoms with Gasteiger partial charge in [0.2, 0.25) is 17.8 Å². The number of morpholine rings is 2. The summed E-state index contributed by atoms with van der Waals surface area (Å²) in [5.41, 5.74) is 1.27. The summed E-state index contributed by atoms with van der Waals surface area (Å²) in [4.78, 5) is 23.7. The van der Waals surface area contributed by atoms with Gasteiger partial charge in [-0.05, 0) is 12.1 Å². The molecule has 0 bridgehead atoms. The van der Waals surface area contributed by atoms with Crippen molar-refractivity contribution in [3.8, 4) is 0 Å². The second-order valence-electron chi connectivity index (χ2n) is 7.74. The van der Waals surface area contributed by atoms with Gasteiger partial charge in [-0.25, -0.2) is 0 Å². The molecule has 30 heavy (non-hydrogen) atoms. The Hall–Kier alpha value is -2.65. The van der Waals surface area contributed by atoms with Gasteiger partial charge < -0.3 is 29.1 Å². The number of rotatable bonds is 4. The van der Waals surface area contributed by atoms with Crippen LogP contribution in [0.4, 0.5) is 23.5 Å². The SMILES string of the molecule is c1ccc(N2CCN(c3nc(N4CCOCC4)nc(N4CCOCC4)n3)CC2)cc1. The smallest absolute Gasteiger partial charge is 0.232 e. The van der Waals surface area contributed by atoms with Crippen molar-refractivity contribution in [2.24, 2.45) is 0 Å². The van der Waals surface area contributed by atoms with E-state index in [0.29, 0.717) is 26.4 Å². The number of nitrogens with zero attached hydrogens (tertiary/aromatic N) is 7. The molecule has 9 heteroatoms. The molecule has 5 rings (SSSR count). The van der Waals surface area contributed by atoms with E-state index in [2.05, 4.69) is 49.9 Å². The molecule has 9 nitrogen and oxygen atoms in total. The third kappa shape index (κ3) is 4.27. The Kier molecular flexibility index (Phi) is 5.80. The number of hydrogen-bond acceptors (Lipinski definition) is 9. The Bertz CT molecular complexity index is 781. The van der Waals surface area contributed by atoms with Crippen molar-refractivity contribution < 1.29 is 9.47 Å². The first kappa shape index (κ1) is 19.3. The standard InChI is InChI=1S/C21H29N7O2/c1-2-4-18(5-3-1)25-6-8-26(9-7-25)19-22-20(27-10-14-29-15-11-27)24-21(23-19)28-12-16-30-17-13-28/h1-5H,6-17H2. The molecule has 0 atom stereocenters. The lowest BCUT2D eigenvalue weighted by Gasteiger charge is -2.37. The van der Waals surface area contributed by atoms with Crippen molar-refractivity contribution in [1.29, 1.82) is 0 Å². The summed E-state index contributed by atoms with van der Waals surface area (Å²) in [5.74, 6) is 2.30. The van der Waals surface area contributed by atoms with E-state index in [1.165, 1.54) is 5.69 Å². The number of aromatic nitrogens is 3. The van der Waals surface area contributed by atoms with Crippen LogP contribution in [-0.4, -0.2) is 93.7 Å². The molecule has 3 aliphatic heterocycles. The van der Waals surface area contributed by atoms with Crippen LogP contribution in [0.3, 0.4) is 0 Å². The highest BCUT2D eigenvalue weighted by Gasteiger charge is 2.25.